The van der Waals surface area contributed by atoms with Crippen LogP contribution in [-0.2, 0) is 0 Å². The van der Waals surface area contributed by atoms with Gasteiger partial charge in [-0.25, -0.2) is 0 Å². The van der Waals surface area contributed by atoms with Crippen molar-refractivity contribution in [1.29, 1.82) is 0 Å². The molecule has 0 heterocycles. The molecule has 0 bridgehead atoms. The molecule has 0 amide bonds. The van der Waals surface area contributed by atoms with Gasteiger partial charge in [0.15, 0.2) is 0 Å². The van der Waals surface area contributed by atoms with E-state index >= 15 is 0 Å². The van der Waals surface area contributed by atoms with E-state index in [1.54, 1.807) is 0 Å². The summed E-state index contributed by atoms with van der Waals surface area (Å²) in [6.45, 7) is 12.0. The van der Waals surface area contributed by atoms with Crippen LogP contribution in [0.2, 0.25) is 0 Å². The molecule has 2 aromatic rings. The molecule has 0 spiro atoms. The molecule has 2 aromatic carbocycles. The second kappa shape index (κ2) is 6.25. The van der Waals surface area contributed by atoms with Crippen molar-refractivity contribution in [1.82, 2.24) is 0 Å². The third-order valence-electron chi connectivity index (χ3n) is 3.34. The molecule has 0 aliphatic rings. The fraction of sp³-hybridized carbons (Fsp3) is 0.158. The number of hydrogen-bond donors (Lipinski definition) is 1. The van der Waals surface area contributed by atoms with E-state index in [0.29, 0.717) is 0 Å². The zero-order valence-corrected chi connectivity index (χ0v) is 12.2. The molecule has 0 saturated heterocycles. The first-order chi connectivity index (χ1) is 9.60. The van der Waals surface area contributed by atoms with E-state index in [1.807, 2.05) is 6.92 Å². The summed E-state index contributed by atoms with van der Waals surface area (Å²) < 4.78 is 0. The van der Waals surface area contributed by atoms with Crippen LogP contribution in [0.15, 0.2) is 67.4 Å². The van der Waals surface area contributed by atoms with Crippen molar-refractivity contribution in [3.8, 4) is 11.1 Å². The number of anilines is 1. The van der Waals surface area contributed by atoms with Crippen LogP contribution in [0, 0.1) is 0 Å². The summed E-state index contributed by atoms with van der Waals surface area (Å²) in [7, 11) is 0. The Morgan fingerprint density at radius 1 is 0.900 bits per heavy atom. The van der Waals surface area contributed by atoms with E-state index in [-0.39, 0.29) is 0 Å². The fourth-order valence-electron chi connectivity index (χ4n) is 1.99. The molecule has 0 aliphatic heterocycles. The Balaban J connectivity index is 2.17. The first kappa shape index (κ1) is 14.1. The van der Waals surface area contributed by atoms with E-state index in [9.17, 15) is 0 Å². The van der Waals surface area contributed by atoms with Crippen LogP contribution in [-0.4, -0.2) is 0 Å². The lowest BCUT2D eigenvalue weighted by Gasteiger charge is -2.09. The molecule has 102 valence electrons. The van der Waals surface area contributed by atoms with Crippen molar-refractivity contribution in [3.05, 3.63) is 72.9 Å². The van der Waals surface area contributed by atoms with Crippen molar-refractivity contribution in [2.75, 3.05) is 5.32 Å². The number of nitrogens with one attached hydrogen (secondary N) is 1. The maximum Gasteiger partial charge on any atom is 0.0382 e. The lowest BCUT2D eigenvalue weighted by molar-refractivity contribution is 1.11. The highest BCUT2D eigenvalue weighted by Crippen LogP contribution is 2.24. The average molecular weight is 263 g/mol. The molecule has 0 unspecified atom stereocenters. The van der Waals surface area contributed by atoms with Crippen molar-refractivity contribution >= 4 is 11.3 Å². The third-order valence-corrected chi connectivity index (χ3v) is 3.34. The zero-order chi connectivity index (χ0) is 14.5. The Hall–Kier alpha value is -2.28. The Morgan fingerprint density at radius 2 is 1.40 bits per heavy atom. The highest BCUT2D eigenvalue weighted by atomic mass is 14.9. The van der Waals surface area contributed by atoms with Gasteiger partial charge in [-0.1, -0.05) is 62.1 Å². The van der Waals surface area contributed by atoms with Gasteiger partial charge < -0.3 is 5.32 Å². The van der Waals surface area contributed by atoms with Crippen LogP contribution in [0.5, 0.6) is 0 Å². The van der Waals surface area contributed by atoms with Gasteiger partial charge in [0.05, 0.1) is 0 Å². The molecule has 1 heteroatoms. The van der Waals surface area contributed by atoms with E-state index in [4.69, 9.17) is 0 Å². The van der Waals surface area contributed by atoms with Crippen LogP contribution < -0.4 is 5.32 Å². The number of rotatable bonds is 5. The predicted octanol–water partition coefficient (Wildman–Crippen LogP) is 5.72. The quantitative estimate of drug-likeness (QED) is 0.727. The largest absolute Gasteiger partial charge is 0.359 e. The van der Waals surface area contributed by atoms with Gasteiger partial charge in [0.2, 0.25) is 0 Å². The van der Waals surface area contributed by atoms with Gasteiger partial charge in [0.1, 0.15) is 0 Å². The first-order valence-corrected chi connectivity index (χ1v) is 6.91. The maximum absolute atomic E-state index is 3.96. The molecule has 0 fully saturated rings. The van der Waals surface area contributed by atoms with Gasteiger partial charge >= 0.3 is 0 Å². The number of hydrogen-bond acceptors (Lipinski definition) is 1. The van der Waals surface area contributed by atoms with Crippen LogP contribution in [0.1, 0.15) is 25.8 Å². The van der Waals surface area contributed by atoms with Crippen molar-refractivity contribution in [3.63, 3.8) is 0 Å². The summed E-state index contributed by atoms with van der Waals surface area (Å²) in [6.07, 6.45) is 0.935. The summed E-state index contributed by atoms with van der Waals surface area (Å²) in [6, 6.07) is 16.9. The molecule has 1 N–H and O–H groups in total. The van der Waals surface area contributed by atoms with E-state index in [1.165, 1.54) is 16.7 Å². The van der Waals surface area contributed by atoms with Crippen LogP contribution >= 0.6 is 0 Å². The van der Waals surface area contributed by atoms with E-state index < -0.39 is 0 Å². The Labute approximate surface area is 121 Å². The lowest BCUT2D eigenvalue weighted by Crippen LogP contribution is -1.95. The molecule has 20 heavy (non-hydrogen) atoms. The highest BCUT2D eigenvalue weighted by molar-refractivity contribution is 5.70. The Bertz CT molecular complexity index is 603. The standard InChI is InChI=1S/C19H21N/c1-5-15(4)20-19-12-10-18(11-13-19)17-8-6-16(7-9-17)14(2)3/h6-13,20H,2,4-5H2,1,3H3. The highest BCUT2D eigenvalue weighted by Gasteiger charge is 2.00. The molecule has 0 aliphatic carbocycles. The SMILES string of the molecule is C=C(CC)Nc1ccc(-c2ccc(C(=C)C)cc2)cc1. The molecule has 0 saturated carbocycles. The van der Waals surface area contributed by atoms with Gasteiger partial charge in [0.25, 0.3) is 0 Å². The number of benzene rings is 2. The van der Waals surface area contributed by atoms with Crippen molar-refractivity contribution in [2.24, 2.45) is 0 Å². The second-order valence-corrected chi connectivity index (χ2v) is 5.02. The zero-order valence-electron chi connectivity index (χ0n) is 12.2. The summed E-state index contributed by atoms with van der Waals surface area (Å²) in [5.41, 5.74) is 6.82. The fourth-order valence-corrected chi connectivity index (χ4v) is 1.99. The molecule has 0 atom stereocenters. The van der Waals surface area contributed by atoms with E-state index in [0.717, 1.165) is 23.4 Å². The molecule has 1 nitrogen and oxygen atoms in total. The van der Waals surface area contributed by atoms with E-state index in [2.05, 4.69) is 73.9 Å². The van der Waals surface area contributed by atoms with Crippen LogP contribution in [0.4, 0.5) is 5.69 Å². The Kier molecular flexibility index (Phi) is 4.41. The predicted molar refractivity (Wildman–Crippen MR) is 89.6 cm³/mol. The van der Waals surface area contributed by atoms with Gasteiger partial charge in [-0.2, -0.15) is 0 Å². The van der Waals surface area contributed by atoms with Crippen molar-refractivity contribution < 1.29 is 0 Å². The van der Waals surface area contributed by atoms with Gasteiger partial charge in [-0.05, 0) is 42.2 Å². The molecule has 2 rings (SSSR count). The minimum atomic E-state index is 0.935. The van der Waals surface area contributed by atoms with Gasteiger partial charge in [-0.15, -0.1) is 0 Å². The molecular weight excluding hydrogens is 242 g/mol. The molecule has 0 aromatic heterocycles. The van der Waals surface area contributed by atoms with Crippen LogP contribution in [0.3, 0.4) is 0 Å². The van der Waals surface area contributed by atoms with Gasteiger partial charge in [-0.3, -0.25) is 0 Å². The minimum Gasteiger partial charge on any atom is -0.359 e. The lowest BCUT2D eigenvalue weighted by atomic mass is 10.0. The normalized spacial score (nSPS) is 10.1. The summed E-state index contributed by atoms with van der Waals surface area (Å²) in [5.74, 6) is 0. The second-order valence-electron chi connectivity index (χ2n) is 5.02. The van der Waals surface area contributed by atoms with Crippen molar-refractivity contribution in [2.45, 2.75) is 20.3 Å². The number of allylic oxidation sites excluding steroid dienone is 2. The third kappa shape index (κ3) is 3.39. The smallest absolute Gasteiger partial charge is 0.0382 e. The van der Waals surface area contributed by atoms with Gasteiger partial charge in [0, 0.05) is 11.4 Å². The average Bonchev–Trinajstić information content (AvgIpc) is 2.48. The van der Waals surface area contributed by atoms with Crippen LogP contribution in [0.25, 0.3) is 16.7 Å². The summed E-state index contributed by atoms with van der Waals surface area (Å²) in [4.78, 5) is 0. The Morgan fingerprint density at radius 3 is 1.85 bits per heavy atom. The monoisotopic (exact) mass is 263 g/mol. The maximum atomic E-state index is 3.96. The summed E-state index contributed by atoms with van der Waals surface area (Å²) in [5, 5.41) is 3.29. The summed E-state index contributed by atoms with van der Waals surface area (Å²) >= 11 is 0. The first-order valence-electron chi connectivity index (χ1n) is 6.91. The minimum absolute atomic E-state index is 0.935. The molecular formula is C19H21N. The molecule has 0 radical (unpaired) electrons. The topological polar surface area (TPSA) is 12.0 Å².